The predicted molar refractivity (Wildman–Crippen MR) is 167 cm³/mol. The maximum atomic E-state index is 16.1. The number of aryl methyl sites for hydroxylation is 1. The number of nitrogens with one attached hydrogen (secondary N) is 2. The summed E-state index contributed by atoms with van der Waals surface area (Å²) in [5, 5.41) is 6.46. The van der Waals surface area contributed by atoms with Crippen LogP contribution in [0.1, 0.15) is 83.8 Å². The summed E-state index contributed by atoms with van der Waals surface area (Å²) >= 11 is 0. The fourth-order valence-electron chi connectivity index (χ4n) is 7.97. The van der Waals surface area contributed by atoms with Gasteiger partial charge in [0.2, 0.25) is 5.91 Å². The Labute approximate surface area is 259 Å². The lowest BCUT2D eigenvalue weighted by Crippen LogP contribution is -2.51. The van der Waals surface area contributed by atoms with Crippen LogP contribution in [-0.2, 0) is 21.4 Å². The minimum absolute atomic E-state index is 0.190. The quantitative estimate of drug-likeness (QED) is 0.407. The molecule has 242 valence electrons. The molecule has 0 saturated carbocycles. The summed E-state index contributed by atoms with van der Waals surface area (Å²) in [6, 6.07) is 4.13. The topological polar surface area (TPSA) is 67.9 Å². The average Bonchev–Trinajstić information content (AvgIpc) is 3.15. The second-order valence-corrected chi connectivity index (χ2v) is 13.8. The number of benzene rings is 1. The van der Waals surface area contributed by atoms with Crippen molar-refractivity contribution in [2.45, 2.75) is 102 Å². The van der Waals surface area contributed by atoms with Crippen molar-refractivity contribution in [3.05, 3.63) is 52.7 Å². The molecule has 44 heavy (non-hydrogen) atoms. The molecule has 1 aromatic carbocycles. The van der Waals surface area contributed by atoms with E-state index in [1.807, 2.05) is 18.9 Å². The lowest BCUT2D eigenvalue weighted by atomic mass is 9.73. The molecule has 1 spiro atoms. The summed E-state index contributed by atoms with van der Waals surface area (Å²) in [5.74, 6) is -3.36. The molecule has 0 radical (unpaired) electrons. The fourth-order valence-corrected chi connectivity index (χ4v) is 7.97. The third-order valence-corrected chi connectivity index (χ3v) is 10.2. The Kier molecular flexibility index (Phi) is 9.13. The van der Waals surface area contributed by atoms with E-state index in [2.05, 4.69) is 36.0 Å². The number of piperidine rings is 2. The third kappa shape index (κ3) is 6.51. The van der Waals surface area contributed by atoms with Crippen molar-refractivity contribution in [1.82, 2.24) is 20.4 Å². The van der Waals surface area contributed by atoms with Gasteiger partial charge in [-0.3, -0.25) is 9.59 Å². The largest absolute Gasteiger partial charge is 0.378 e. The Morgan fingerprint density at radius 2 is 1.82 bits per heavy atom. The molecule has 0 aromatic heterocycles. The fraction of sp³-hybridized carbons (Fsp3) is 0.647. The van der Waals surface area contributed by atoms with Gasteiger partial charge in [-0.15, -0.1) is 0 Å². The van der Waals surface area contributed by atoms with Gasteiger partial charge in [-0.2, -0.15) is 0 Å². The molecule has 1 unspecified atom stereocenters. The van der Waals surface area contributed by atoms with E-state index in [-0.39, 0.29) is 30.0 Å². The van der Waals surface area contributed by atoms with Gasteiger partial charge in [-0.25, -0.2) is 13.2 Å². The predicted octanol–water partition coefficient (Wildman–Crippen LogP) is 5.46. The number of hydrogen-bond acceptors (Lipinski definition) is 5. The van der Waals surface area contributed by atoms with Crippen molar-refractivity contribution in [2.75, 3.05) is 38.1 Å². The van der Waals surface area contributed by atoms with E-state index in [4.69, 9.17) is 0 Å². The van der Waals surface area contributed by atoms with E-state index in [1.54, 1.807) is 6.07 Å². The van der Waals surface area contributed by atoms with Gasteiger partial charge in [0, 0.05) is 62.5 Å². The van der Waals surface area contributed by atoms with Gasteiger partial charge in [-0.1, -0.05) is 6.58 Å². The van der Waals surface area contributed by atoms with Crippen LogP contribution in [0.15, 0.2) is 35.8 Å². The number of alkyl halides is 2. The summed E-state index contributed by atoms with van der Waals surface area (Å²) in [6.45, 7) is 12.0. The van der Waals surface area contributed by atoms with Crippen molar-refractivity contribution in [1.29, 1.82) is 0 Å². The van der Waals surface area contributed by atoms with Crippen LogP contribution in [0.5, 0.6) is 0 Å². The number of likely N-dealkylation sites (tertiary alicyclic amines) is 1. The summed E-state index contributed by atoms with van der Waals surface area (Å²) in [6.07, 6.45) is 5.68. The van der Waals surface area contributed by atoms with Crippen LogP contribution in [0, 0.1) is 11.7 Å². The molecule has 4 heterocycles. The van der Waals surface area contributed by atoms with Crippen molar-refractivity contribution in [2.24, 2.45) is 5.92 Å². The number of amides is 2. The SMILES string of the molecule is C=C(NC(=O)C1=C(C)N(C)CCC1)N1CCC2(CC1)C(=O)N(CC(C)(F)F)c1cc(CCC3C[C@@H](C)N[C@@H](C)C3)cc(F)c12. The van der Waals surface area contributed by atoms with E-state index >= 15 is 4.39 Å². The molecule has 2 fully saturated rings. The van der Waals surface area contributed by atoms with E-state index < -0.39 is 29.6 Å². The molecular formula is C34H48F3N5O2. The van der Waals surface area contributed by atoms with E-state index in [0.717, 1.165) is 60.9 Å². The van der Waals surface area contributed by atoms with Crippen molar-refractivity contribution < 1.29 is 22.8 Å². The summed E-state index contributed by atoms with van der Waals surface area (Å²) in [5.41, 5.74) is 1.69. The van der Waals surface area contributed by atoms with E-state index in [9.17, 15) is 18.4 Å². The molecular weight excluding hydrogens is 567 g/mol. The molecule has 2 N–H and O–H groups in total. The Morgan fingerprint density at radius 3 is 2.45 bits per heavy atom. The van der Waals surface area contributed by atoms with Crippen molar-refractivity contribution >= 4 is 17.5 Å². The highest BCUT2D eigenvalue weighted by atomic mass is 19.3. The molecule has 7 nitrogen and oxygen atoms in total. The minimum Gasteiger partial charge on any atom is -0.378 e. The third-order valence-electron chi connectivity index (χ3n) is 10.2. The number of carbonyl (C=O) groups is 2. The number of nitrogens with zero attached hydrogens (tertiary/aromatic N) is 3. The Bertz CT molecular complexity index is 1320. The molecule has 0 bridgehead atoms. The number of fused-ring (bicyclic) bond motifs is 2. The first-order valence-electron chi connectivity index (χ1n) is 16.1. The lowest BCUT2D eigenvalue weighted by molar-refractivity contribution is -0.126. The molecule has 4 aliphatic heterocycles. The highest BCUT2D eigenvalue weighted by Gasteiger charge is 2.55. The molecule has 2 amide bonds. The van der Waals surface area contributed by atoms with Gasteiger partial charge in [0.1, 0.15) is 11.6 Å². The molecule has 0 aliphatic carbocycles. The van der Waals surface area contributed by atoms with Crippen molar-refractivity contribution in [3.63, 3.8) is 0 Å². The number of carbonyl (C=O) groups excluding carboxylic acids is 2. The Hall–Kier alpha value is -3.01. The maximum absolute atomic E-state index is 16.1. The molecule has 2 saturated heterocycles. The van der Waals surface area contributed by atoms with Gasteiger partial charge in [0.15, 0.2) is 0 Å². The number of rotatable bonds is 8. The second-order valence-electron chi connectivity index (χ2n) is 13.8. The average molecular weight is 616 g/mol. The van der Waals surface area contributed by atoms with Crippen LogP contribution in [0.2, 0.25) is 0 Å². The molecule has 3 atom stereocenters. The Morgan fingerprint density at radius 1 is 1.16 bits per heavy atom. The van der Waals surface area contributed by atoms with Crippen molar-refractivity contribution in [3.8, 4) is 0 Å². The summed E-state index contributed by atoms with van der Waals surface area (Å²) in [7, 11) is 1.96. The van der Waals surface area contributed by atoms with Gasteiger partial charge in [-0.05, 0) is 95.8 Å². The highest BCUT2D eigenvalue weighted by Crippen LogP contribution is 2.50. The van der Waals surface area contributed by atoms with Crippen LogP contribution in [0.4, 0.5) is 18.9 Å². The first kappa shape index (κ1) is 32.4. The van der Waals surface area contributed by atoms with Gasteiger partial charge >= 0.3 is 0 Å². The summed E-state index contributed by atoms with van der Waals surface area (Å²) < 4.78 is 44.9. The number of halogens is 3. The number of anilines is 1. The van der Waals surface area contributed by atoms with Crippen LogP contribution in [0.3, 0.4) is 0 Å². The van der Waals surface area contributed by atoms with Crippen LogP contribution in [0.25, 0.3) is 0 Å². The molecule has 10 heteroatoms. The molecule has 1 aromatic rings. The highest BCUT2D eigenvalue weighted by molar-refractivity contribution is 6.08. The smallest absolute Gasteiger partial charge is 0.263 e. The normalized spacial score (nSPS) is 25.5. The van der Waals surface area contributed by atoms with Gasteiger partial charge < -0.3 is 25.3 Å². The van der Waals surface area contributed by atoms with Crippen LogP contribution < -0.4 is 15.5 Å². The van der Waals surface area contributed by atoms with Gasteiger partial charge in [0.05, 0.1) is 17.6 Å². The number of hydrogen-bond donors (Lipinski definition) is 2. The number of allylic oxidation sites excluding steroid dienone is 1. The lowest BCUT2D eigenvalue weighted by Gasteiger charge is -2.40. The second kappa shape index (κ2) is 12.4. The van der Waals surface area contributed by atoms with Gasteiger partial charge in [0.25, 0.3) is 11.8 Å². The zero-order valence-electron chi connectivity index (χ0n) is 26.9. The van der Waals surface area contributed by atoms with E-state index in [0.29, 0.717) is 49.8 Å². The van der Waals surface area contributed by atoms with Crippen LogP contribution in [-0.4, -0.2) is 72.8 Å². The van der Waals surface area contributed by atoms with Crippen LogP contribution >= 0.6 is 0 Å². The standard InChI is InChI=1S/C34H48F3N5O2/c1-21-16-25(17-22(2)38-21)9-10-26-18-28(35)30-29(19-26)42(20-33(5,36)37)32(44)34(30)11-14-41(15-12-34)24(4)39-31(43)27-8-7-13-40(6)23(27)3/h18-19,21-22,25,38H,4,7-17,20H2,1-3,5-6H3,(H,39,43)/t21-,22+,25?. The Balaban J connectivity index is 1.34. The van der Waals surface area contributed by atoms with E-state index in [1.165, 1.54) is 6.07 Å². The maximum Gasteiger partial charge on any atom is 0.263 e. The monoisotopic (exact) mass is 615 g/mol. The first-order chi connectivity index (χ1) is 20.7. The first-order valence-corrected chi connectivity index (χ1v) is 16.1. The summed E-state index contributed by atoms with van der Waals surface area (Å²) in [4.78, 5) is 32.1. The zero-order valence-corrected chi connectivity index (χ0v) is 26.9. The molecule has 4 aliphatic rings. The zero-order chi connectivity index (χ0) is 32.0. The molecule has 5 rings (SSSR count). The minimum atomic E-state index is -3.13.